The number of hydrogen-bond donors (Lipinski definition) is 2. The van der Waals surface area contributed by atoms with Gasteiger partial charge in [-0.15, -0.1) is 0 Å². The van der Waals surface area contributed by atoms with Gasteiger partial charge in [-0.2, -0.15) is 0 Å². The number of nitrogens with two attached hydrogens (primary N) is 1. The van der Waals surface area contributed by atoms with E-state index in [-0.39, 0.29) is 24.0 Å². The number of unbranched alkanes of at least 4 members (excludes halogenated alkanes) is 1. The number of nitrogens with zero attached hydrogens (tertiary/aromatic N) is 3. The second kappa shape index (κ2) is 8.70. The van der Waals surface area contributed by atoms with Gasteiger partial charge in [-0.1, -0.05) is 13.3 Å². The molecule has 3 N–H and O–H groups in total. The van der Waals surface area contributed by atoms with Crippen LogP contribution in [0.3, 0.4) is 0 Å². The minimum Gasteiger partial charge on any atom is -0.383 e. The smallest absolute Gasteiger partial charge is 0.330 e. The Kier molecular flexibility index (Phi) is 6.63. The van der Waals surface area contributed by atoms with Crippen LogP contribution in [0.15, 0.2) is 9.59 Å². The van der Waals surface area contributed by atoms with Gasteiger partial charge in [0.1, 0.15) is 11.5 Å². The third kappa shape index (κ3) is 4.41. The zero-order valence-electron chi connectivity index (χ0n) is 14.9. The van der Waals surface area contributed by atoms with E-state index in [1.807, 2.05) is 13.8 Å². The summed E-state index contributed by atoms with van der Waals surface area (Å²) in [4.78, 5) is 42.5. The zero-order valence-corrected chi connectivity index (χ0v) is 14.9. The van der Waals surface area contributed by atoms with Gasteiger partial charge in [-0.05, 0) is 13.3 Å². The molecule has 0 bridgehead atoms. The van der Waals surface area contributed by atoms with E-state index in [0.717, 1.165) is 12.8 Å². The number of aromatic nitrogens is 2. The first-order chi connectivity index (χ1) is 12.0. The minimum atomic E-state index is -0.563. The first-order valence-electron chi connectivity index (χ1n) is 8.72. The van der Waals surface area contributed by atoms with E-state index in [9.17, 15) is 14.4 Å². The van der Waals surface area contributed by atoms with E-state index < -0.39 is 11.2 Å². The number of likely N-dealkylation sites (N-methyl/N-ethyl adjacent to an activating group) is 1. The summed E-state index contributed by atoms with van der Waals surface area (Å²) in [6.07, 6.45) is 1.67. The van der Waals surface area contributed by atoms with Gasteiger partial charge in [0.2, 0.25) is 5.91 Å². The normalized spacial score (nSPS) is 14.6. The number of morpholine rings is 1. The molecular weight excluding hydrogens is 326 g/mol. The summed E-state index contributed by atoms with van der Waals surface area (Å²) in [5.74, 6) is 0.0223. The van der Waals surface area contributed by atoms with Crippen molar-refractivity contribution in [1.82, 2.24) is 14.5 Å². The van der Waals surface area contributed by atoms with Gasteiger partial charge in [0.15, 0.2) is 0 Å². The highest BCUT2D eigenvalue weighted by molar-refractivity contribution is 5.82. The molecule has 1 aromatic heterocycles. The molecule has 0 saturated carbocycles. The van der Waals surface area contributed by atoms with Crippen LogP contribution >= 0.6 is 0 Å². The van der Waals surface area contributed by atoms with Crippen LogP contribution in [0.25, 0.3) is 0 Å². The number of carbonyl (C=O) groups is 1. The monoisotopic (exact) mass is 353 g/mol. The molecule has 9 heteroatoms. The number of carbonyl (C=O) groups excluding carboxylic acids is 1. The highest BCUT2D eigenvalue weighted by Gasteiger charge is 2.23. The van der Waals surface area contributed by atoms with Crippen molar-refractivity contribution >= 4 is 17.4 Å². The number of H-pyrrole nitrogens is 1. The number of nitrogen functional groups attached to an aromatic ring is 1. The summed E-state index contributed by atoms with van der Waals surface area (Å²) < 4.78 is 6.61. The molecule has 1 aromatic rings. The molecule has 9 nitrogen and oxygen atoms in total. The van der Waals surface area contributed by atoms with Crippen LogP contribution in [0.4, 0.5) is 11.5 Å². The van der Waals surface area contributed by atoms with Gasteiger partial charge in [0, 0.05) is 26.2 Å². The summed E-state index contributed by atoms with van der Waals surface area (Å²) in [6.45, 7) is 6.85. The van der Waals surface area contributed by atoms with Gasteiger partial charge < -0.3 is 20.3 Å². The molecule has 0 radical (unpaired) electrons. The molecule has 140 valence electrons. The van der Waals surface area contributed by atoms with Gasteiger partial charge in [-0.25, -0.2) is 4.79 Å². The second-order valence-electron chi connectivity index (χ2n) is 6.01. The lowest BCUT2D eigenvalue weighted by molar-refractivity contribution is -0.133. The molecule has 1 amide bonds. The van der Waals surface area contributed by atoms with Gasteiger partial charge in [-0.3, -0.25) is 19.1 Å². The molecule has 1 fully saturated rings. The van der Waals surface area contributed by atoms with Crippen molar-refractivity contribution in [3.63, 3.8) is 0 Å². The van der Waals surface area contributed by atoms with Crippen molar-refractivity contribution in [1.29, 1.82) is 0 Å². The van der Waals surface area contributed by atoms with Crippen molar-refractivity contribution in [3.05, 3.63) is 20.8 Å². The summed E-state index contributed by atoms with van der Waals surface area (Å²) in [5, 5.41) is 0. The molecule has 0 unspecified atom stereocenters. The third-order valence-electron chi connectivity index (χ3n) is 4.34. The summed E-state index contributed by atoms with van der Waals surface area (Å²) in [7, 11) is 0. The molecule has 2 rings (SSSR count). The van der Waals surface area contributed by atoms with E-state index in [4.69, 9.17) is 10.5 Å². The highest BCUT2D eigenvalue weighted by atomic mass is 16.5. The van der Waals surface area contributed by atoms with Crippen LogP contribution in [0, 0.1) is 0 Å². The summed E-state index contributed by atoms with van der Waals surface area (Å²) in [6, 6.07) is 0. The van der Waals surface area contributed by atoms with Crippen LogP contribution in [0.1, 0.15) is 26.7 Å². The van der Waals surface area contributed by atoms with Crippen LogP contribution in [0.2, 0.25) is 0 Å². The number of amides is 1. The largest absolute Gasteiger partial charge is 0.383 e. The summed E-state index contributed by atoms with van der Waals surface area (Å²) in [5.41, 5.74) is 5.21. The summed E-state index contributed by atoms with van der Waals surface area (Å²) >= 11 is 0. The minimum absolute atomic E-state index is 0.0375. The maximum absolute atomic E-state index is 12.5. The number of ether oxygens (including phenoxy) is 1. The molecule has 0 spiro atoms. The van der Waals surface area contributed by atoms with Gasteiger partial charge in [0.25, 0.3) is 5.56 Å². The predicted octanol–water partition coefficient (Wildman–Crippen LogP) is -0.396. The van der Waals surface area contributed by atoms with E-state index >= 15 is 0 Å². The van der Waals surface area contributed by atoms with Crippen molar-refractivity contribution in [2.24, 2.45) is 0 Å². The Balaban J connectivity index is 2.28. The Morgan fingerprint density at radius 2 is 1.96 bits per heavy atom. The standard InChI is InChI=1S/C16H27N5O4/c1-3-5-6-21-14(17)13(15(23)18-16(21)24)19(4-2)11-12(22)20-7-9-25-10-8-20/h3-11,17H2,1-2H3,(H,18,23,24). The average molecular weight is 353 g/mol. The second-order valence-corrected chi connectivity index (χ2v) is 6.01. The molecule has 0 atom stereocenters. The van der Waals surface area contributed by atoms with E-state index in [1.54, 1.807) is 9.80 Å². The van der Waals surface area contributed by atoms with Crippen LogP contribution in [-0.2, 0) is 16.1 Å². The van der Waals surface area contributed by atoms with E-state index in [2.05, 4.69) is 4.98 Å². The van der Waals surface area contributed by atoms with Crippen molar-refractivity contribution in [2.45, 2.75) is 33.2 Å². The fourth-order valence-corrected chi connectivity index (χ4v) is 2.85. The molecular formula is C16H27N5O4. The lowest BCUT2D eigenvalue weighted by Crippen LogP contribution is -2.47. The molecule has 1 aliphatic rings. The first kappa shape index (κ1) is 19.0. The van der Waals surface area contributed by atoms with Crippen LogP contribution in [-0.4, -0.2) is 59.8 Å². The fourth-order valence-electron chi connectivity index (χ4n) is 2.85. The Hall–Kier alpha value is -2.29. The Morgan fingerprint density at radius 1 is 1.28 bits per heavy atom. The van der Waals surface area contributed by atoms with Gasteiger partial charge >= 0.3 is 5.69 Å². The molecule has 1 saturated heterocycles. The van der Waals surface area contributed by atoms with E-state index in [0.29, 0.717) is 39.4 Å². The lowest BCUT2D eigenvalue weighted by atomic mass is 10.3. The van der Waals surface area contributed by atoms with Gasteiger partial charge in [0.05, 0.1) is 19.8 Å². The number of nitrogens with one attached hydrogen (secondary N) is 1. The van der Waals surface area contributed by atoms with Crippen LogP contribution < -0.4 is 21.9 Å². The van der Waals surface area contributed by atoms with Crippen molar-refractivity contribution in [3.8, 4) is 0 Å². The zero-order chi connectivity index (χ0) is 18.4. The Bertz CT molecular complexity index is 705. The Morgan fingerprint density at radius 3 is 2.56 bits per heavy atom. The first-order valence-corrected chi connectivity index (χ1v) is 8.72. The lowest BCUT2D eigenvalue weighted by Gasteiger charge is -2.30. The third-order valence-corrected chi connectivity index (χ3v) is 4.34. The maximum atomic E-state index is 12.5. The number of anilines is 2. The maximum Gasteiger partial charge on any atom is 0.330 e. The molecule has 0 aromatic carbocycles. The molecule has 1 aliphatic heterocycles. The SMILES string of the molecule is CCCCn1c(N)c(N(CC)CC(=O)N2CCOCC2)c(=O)[nH]c1=O. The molecule has 25 heavy (non-hydrogen) atoms. The molecule has 0 aliphatic carbocycles. The van der Waals surface area contributed by atoms with Crippen molar-refractivity contribution < 1.29 is 9.53 Å². The van der Waals surface area contributed by atoms with Crippen LogP contribution in [0.5, 0.6) is 0 Å². The topological polar surface area (TPSA) is 114 Å². The highest BCUT2D eigenvalue weighted by Crippen LogP contribution is 2.17. The number of hydrogen-bond acceptors (Lipinski definition) is 6. The van der Waals surface area contributed by atoms with Crippen molar-refractivity contribution in [2.75, 3.05) is 50.0 Å². The Labute approximate surface area is 146 Å². The fraction of sp³-hybridized carbons (Fsp3) is 0.688. The molecule has 2 heterocycles. The van der Waals surface area contributed by atoms with E-state index in [1.165, 1.54) is 4.57 Å². The number of aromatic amines is 1. The average Bonchev–Trinajstić information content (AvgIpc) is 2.61. The quantitative estimate of drug-likeness (QED) is 0.690. The predicted molar refractivity (Wildman–Crippen MR) is 95.9 cm³/mol. The number of rotatable bonds is 7.